The predicted octanol–water partition coefficient (Wildman–Crippen LogP) is 3.02. The number of carbonyl (C=O) groups is 2. The van der Waals surface area contributed by atoms with Gasteiger partial charge in [-0.2, -0.15) is 0 Å². The molecule has 0 aliphatic carbocycles. The molecule has 2 aromatic rings. The molecule has 0 fully saturated rings. The fourth-order valence-corrected chi connectivity index (χ4v) is 3.86. The van der Waals surface area contributed by atoms with Crippen molar-refractivity contribution >= 4 is 17.5 Å². The Labute approximate surface area is 152 Å². The number of nitrogens with one attached hydrogen (secondary N) is 1. The van der Waals surface area contributed by atoms with E-state index < -0.39 is 0 Å². The molecular weight excluding hydrogens is 331 g/mol. The maximum Gasteiger partial charge on any atom is 0.251 e. The molecule has 4 nitrogen and oxygen atoms in total. The maximum absolute atomic E-state index is 12.9. The van der Waals surface area contributed by atoms with Crippen LogP contribution in [-0.2, 0) is 24.1 Å². The second-order valence-electron chi connectivity index (χ2n) is 6.92. The van der Waals surface area contributed by atoms with Crippen LogP contribution in [0, 0.1) is 5.82 Å². The van der Waals surface area contributed by atoms with Crippen LogP contribution in [-0.4, -0.2) is 24.9 Å². The van der Waals surface area contributed by atoms with E-state index in [4.69, 9.17) is 0 Å². The summed E-state index contributed by atoms with van der Waals surface area (Å²) in [6.45, 7) is 1.28. The summed E-state index contributed by atoms with van der Waals surface area (Å²) >= 11 is 0. The highest BCUT2D eigenvalue weighted by Crippen LogP contribution is 2.36. The fourth-order valence-electron chi connectivity index (χ4n) is 3.86. The first kappa shape index (κ1) is 16.8. The van der Waals surface area contributed by atoms with Gasteiger partial charge in [0.15, 0.2) is 0 Å². The van der Waals surface area contributed by atoms with Gasteiger partial charge < -0.3 is 10.2 Å². The lowest BCUT2D eigenvalue weighted by atomic mass is 9.89. The van der Waals surface area contributed by atoms with E-state index in [-0.39, 0.29) is 17.6 Å². The van der Waals surface area contributed by atoms with Crippen molar-refractivity contribution in [3.63, 3.8) is 0 Å². The van der Waals surface area contributed by atoms with Crippen molar-refractivity contribution in [3.05, 3.63) is 64.5 Å². The van der Waals surface area contributed by atoms with Crippen LogP contribution in [0.1, 0.15) is 39.9 Å². The molecule has 2 aromatic carbocycles. The predicted molar refractivity (Wildman–Crippen MR) is 97.9 cm³/mol. The van der Waals surface area contributed by atoms with Crippen LogP contribution in [0.25, 0.3) is 0 Å². The van der Waals surface area contributed by atoms with E-state index in [1.165, 1.54) is 12.1 Å². The summed E-state index contributed by atoms with van der Waals surface area (Å²) in [5.41, 5.74) is 4.89. The molecule has 1 N–H and O–H groups in total. The van der Waals surface area contributed by atoms with E-state index in [9.17, 15) is 14.0 Å². The lowest BCUT2D eigenvalue weighted by Gasteiger charge is -2.35. The van der Waals surface area contributed by atoms with Crippen LogP contribution in [0.2, 0.25) is 0 Å². The second kappa shape index (κ2) is 6.90. The third-order valence-electron chi connectivity index (χ3n) is 5.15. The number of benzene rings is 2. The van der Waals surface area contributed by atoms with Crippen molar-refractivity contribution in [2.45, 2.75) is 32.1 Å². The minimum Gasteiger partial charge on any atom is -0.352 e. The lowest BCUT2D eigenvalue weighted by Crippen LogP contribution is -2.39. The van der Waals surface area contributed by atoms with E-state index in [2.05, 4.69) is 5.32 Å². The standard InChI is InChI=1S/C21H21FN2O2/c22-18-6-3-14(4-7-18)9-10-23-21(26)17-12-15-2-1-11-24-19(25)8-5-16(13-17)20(15)24/h3-4,6-7,12-13H,1-2,5,8-11H2,(H,23,26). The van der Waals surface area contributed by atoms with E-state index >= 15 is 0 Å². The molecule has 0 bridgehead atoms. The molecule has 134 valence electrons. The highest BCUT2D eigenvalue weighted by molar-refractivity contribution is 6.00. The third kappa shape index (κ3) is 3.21. The first-order valence-electron chi connectivity index (χ1n) is 9.10. The van der Waals surface area contributed by atoms with Gasteiger partial charge in [0.05, 0.1) is 5.69 Å². The van der Waals surface area contributed by atoms with Crippen LogP contribution in [0.4, 0.5) is 10.1 Å². The Balaban J connectivity index is 1.47. The molecule has 26 heavy (non-hydrogen) atoms. The Bertz CT molecular complexity index is 844. The van der Waals surface area contributed by atoms with Crippen molar-refractivity contribution in [2.75, 3.05) is 18.0 Å². The van der Waals surface area contributed by atoms with Crippen LogP contribution in [0.15, 0.2) is 36.4 Å². The number of aryl methyl sites for hydroxylation is 2. The SMILES string of the molecule is O=C(NCCc1ccc(F)cc1)c1cc2c3c(c1)CCC(=O)N3CCC2. The number of hydrogen-bond acceptors (Lipinski definition) is 2. The van der Waals surface area contributed by atoms with E-state index in [1.807, 2.05) is 17.0 Å². The molecule has 0 spiro atoms. The van der Waals surface area contributed by atoms with Crippen LogP contribution in [0.5, 0.6) is 0 Å². The molecular formula is C21H21FN2O2. The molecule has 0 aromatic heterocycles. The number of anilines is 1. The van der Waals surface area contributed by atoms with Gasteiger partial charge in [0, 0.05) is 25.1 Å². The lowest BCUT2D eigenvalue weighted by molar-refractivity contribution is -0.119. The summed E-state index contributed by atoms with van der Waals surface area (Å²) in [6, 6.07) is 10.2. The van der Waals surface area contributed by atoms with Gasteiger partial charge in [0.2, 0.25) is 5.91 Å². The molecule has 0 radical (unpaired) electrons. The van der Waals surface area contributed by atoms with Crippen molar-refractivity contribution in [1.82, 2.24) is 5.32 Å². The third-order valence-corrected chi connectivity index (χ3v) is 5.15. The summed E-state index contributed by atoms with van der Waals surface area (Å²) < 4.78 is 12.9. The summed E-state index contributed by atoms with van der Waals surface area (Å²) in [5.74, 6) is -0.163. The Kier molecular flexibility index (Phi) is 4.45. The van der Waals surface area contributed by atoms with E-state index in [0.29, 0.717) is 31.4 Å². The molecule has 5 heteroatoms. The van der Waals surface area contributed by atoms with Crippen molar-refractivity contribution in [2.24, 2.45) is 0 Å². The summed E-state index contributed by atoms with van der Waals surface area (Å²) in [6.07, 6.45) is 3.72. The van der Waals surface area contributed by atoms with Crippen LogP contribution < -0.4 is 10.2 Å². The molecule has 2 heterocycles. The zero-order valence-electron chi connectivity index (χ0n) is 14.6. The first-order chi connectivity index (χ1) is 12.6. The summed E-state index contributed by atoms with van der Waals surface area (Å²) in [4.78, 5) is 26.6. The Morgan fingerprint density at radius 3 is 2.58 bits per heavy atom. The smallest absolute Gasteiger partial charge is 0.251 e. The molecule has 2 amide bonds. The Morgan fingerprint density at radius 2 is 1.81 bits per heavy atom. The topological polar surface area (TPSA) is 49.4 Å². The quantitative estimate of drug-likeness (QED) is 0.920. The van der Waals surface area contributed by atoms with Gasteiger partial charge in [-0.3, -0.25) is 9.59 Å². The molecule has 0 saturated heterocycles. The Hall–Kier alpha value is -2.69. The van der Waals surface area contributed by atoms with E-state index in [1.54, 1.807) is 12.1 Å². The monoisotopic (exact) mass is 352 g/mol. The average molecular weight is 352 g/mol. The number of carbonyl (C=O) groups excluding carboxylic acids is 2. The maximum atomic E-state index is 12.9. The molecule has 0 atom stereocenters. The molecule has 2 aliphatic heterocycles. The van der Waals surface area contributed by atoms with Gasteiger partial charge in [0.1, 0.15) is 5.82 Å². The number of hydrogen-bond donors (Lipinski definition) is 1. The van der Waals surface area contributed by atoms with Crippen LogP contribution >= 0.6 is 0 Å². The van der Waals surface area contributed by atoms with Gasteiger partial charge in [-0.1, -0.05) is 12.1 Å². The second-order valence-corrected chi connectivity index (χ2v) is 6.92. The number of rotatable bonds is 4. The molecule has 2 aliphatic rings. The van der Waals surface area contributed by atoms with E-state index in [0.717, 1.165) is 41.8 Å². The zero-order chi connectivity index (χ0) is 18.1. The number of halogens is 1. The largest absolute Gasteiger partial charge is 0.352 e. The van der Waals surface area contributed by atoms with Gasteiger partial charge in [-0.15, -0.1) is 0 Å². The highest BCUT2D eigenvalue weighted by Gasteiger charge is 2.30. The normalized spacial score (nSPS) is 15.6. The van der Waals surface area contributed by atoms with Gasteiger partial charge in [-0.05, 0) is 66.6 Å². The average Bonchev–Trinajstić information content (AvgIpc) is 2.66. The molecule has 4 rings (SSSR count). The fraction of sp³-hybridized carbons (Fsp3) is 0.333. The summed E-state index contributed by atoms with van der Waals surface area (Å²) in [7, 11) is 0. The number of nitrogens with zero attached hydrogens (tertiary/aromatic N) is 1. The zero-order valence-corrected chi connectivity index (χ0v) is 14.6. The van der Waals surface area contributed by atoms with Gasteiger partial charge in [0.25, 0.3) is 5.91 Å². The highest BCUT2D eigenvalue weighted by atomic mass is 19.1. The molecule has 0 saturated carbocycles. The Morgan fingerprint density at radius 1 is 1.08 bits per heavy atom. The first-order valence-corrected chi connectivity index (χ1v) is 9.10. The number of amides is 2. The van der Waals surface area contributed by atoms with Gasteiger partial charge >= 0.3 is 0 Å². The summed E-state index contributed by atoms with van der Waals surface area (Å²) in [5, 5.41) is 2.94. The van der Waals surface area contributed by atoms with Crippen molar-refractivity contribution in [3.8, 4) is 0 Å². The van der Waals surface area contributed by atoms with Crippen molar-refractivity contribution < 1.29 is 14.0 Å². The van der Waals surface area contributed by atoms with Gasteiger partial charge in [-0.25, -0.2) is 4.39 Å². The van der Waals surface area contributed by atoms with Crippen LogP contribution in [0.3, 0.4) is 0 Å². The van der Waals surface area contributed by atoms with Crippen molar-refractivity contribution in [1.29, 1.82) is 0 Å². The minimum atomic E-state index is -0.256. The minimum absolute atomic E-state index is 0.0971. The molecule has 0 unspecified atom stereocenters.